The highest BCUT2D eigenvalue weighted by atomic mass is 79.9. The molecule has 0 aliphatic carbocycles. The molecule has 1 heterocycles. The maximum absolute atomic E-state index is 12.8. The minimum Gasteiger partial charge on any atom is -0.293 e. The van der Waals surface area contributed by atoms with Gasteiger partial charge >= 0.3 is 0 Å². The molecular weight excluding hydrogens is 293 g/mol. The average Bonchev–Trinajstić information content (AvgIpc) is 2.75. The number of ketones is 1. The van der Waals surface area contributed by atoms with Gasteiger partial charge in [-0.2, -0.15) is 0 Å². The number of carbonyl (C=O) groups excluding carboxylic acids is 1. The van der Waals surface area contributed by atoms with Crippen LogP contribution in [0.3, 0.4) is 0 Å². The van der Waals surface area contributed by atoms with Crippen molar-refractivity contribution in [3.05, 3.63) is 50.6 Å². The molecule has 0 aliphatic rings. The quantitative estimate of drug-likeness (QED) is 0.812. The molecule has 16 heavy (non-hydrogen) atoms. The van der Waals surface area contributed by atoms with Gasteiger partial charge < -0.3 is 0 Å². The first-order valence-corrected chi connectivity index (χ1v) is 6.19. The van der Waals surface area contributed by atoms with Crippen molar-refractivity contribution in [3.63, 3.8) is 0 Å². The third-order valence-corrected chi connectivity index (χ3v) is 3.63. The Morgan fingerprint density at radius 3 is 2.94 bits per heavy atom. The molecular formula is C11H7BrFNOS. The van der Waals surface area contributed by atoms with Crippen LogP contribution in [0.1, 0.15) is 15.2 Å². The van der Waals surface area contributed by atoms with Crippen LogP contribution in [-0.4, -0.2) is 10.8 Å². The van der Waals surface area contributed by atoms with E-state index in [4.69, 9.17) is 0 Å². The van der Waals surface area contributed by atoms with Gasteiger partial charge in [0.1, 0.15) is 5.82 Å². The van der Waals surface area contributed by atoms with Gasteiger partial charge in [0.25, 0.3) is 0 Å². The van der Waals surface area contributed by atoms with E-state index < -0.39 is 0 Å². The molecule has 0 saturated carbocycles. The second-order valence-corrected chi connectivity index (χ2v) is 4.94. The molecule has 2 nitrogen and oxygen atoms in total. The molecule has 0 bridgehead atoms. The maximum atomic E-state index is 12.8. The van der Waals surface area contributed by atoms with E-state index in [2.05, 4.69) is 20.9 Å². The summed E-state index contributed by atoms with van der Waals surface area (Å²) in [6.07, 6.45) is 1.80. The van der Waals surface area contributed by atoms with Crippen molar-refractivity contribution in [1.82, 2.24) is 4.98 Å². The van der Waals surface area contributed by atoms with Crippen LogP contribution in [0.15, 0.2) is 34.4 Å². The fourth-order valence-electron chi connectivity index (χ4n) is 1.28. The van der Waals surface area contributed by atoms with E-state index in [1.165, 1.54) is 23.5 Å². The summed E-state index contributed by atoms with van der Waals surface area (Å²) in [5.41, 5.74) is 2.40. The van der Waals surface area contributed by atoms with Gasteiger partial charge in [0.05, 0.1) is 10.4 Å². The van der Waals surface area contributed by atoms with Crippen LogP contribution >= 0.6 is 27.3 Å². The maximum Gasteiger partial charge on any atom is 0.178 e. The lowest BCUT2D eigenvalue weighted by atomic mass is 10.1. The van der Waals surface area contributed by atoms with Crippen molar-refractivity contribution >= 4 is 33.0 Å². The van der Waals surface area contributed by atoms with E-state index in [9.17, 15) is 9.18 Å². The van der Waals surface area contributed by atoms with Gasteiger partial charge in [-0.1, -0.05) is 22.0 Å². The van der Waals surface area contributed by atoms with Crippen molar-refractivity contribution < 1.29 is 9.18 Å². The number of aromatic nitrogens is 1. The molecule has 1 aromatic heterocycles. The Hall–Kier alpha value is -1.07. The number of Topliss-reactive ketones (excluding diaryl/α,β-unsaturated/α-hetero) is 1. The van der Waals surface area contributed by atoms with E-state index in [0.717, 1.165) is 5.56 Å². The highest BCUT2D eigenvalue weighted by molar-refractivity contribution is 9.10. The number of nitrogens with zero attached hydrogens (tertiary/aromatic N) is 1. The fourth-order valence-corrected chi connectivity index (χ4v) is 2.33. The standard InChI is InChI=1S/C11H7BrFNOS/c12-9-4-8(13)2-1-7(9)3-10(15)11-5-14-6-16-11/h1-2,4-6H,3H2. The van der Waals surface area contributed by atoms with E-state index in [1.807, 2.05) is 0 Å². The molecule has 5 heteroatoms. The van der Waals surface area contributed by atoms with Crippen molar-refractivity contribution in [2.75, 3.05) is 0 Å². The molecule has 2 aromatic rings. The van der Waals surface area contributed by atoms with Crippen molar-refractivity contribution in [3.8, 4) is 0 Å². The van der Waals surface area contributed by atoms with Crippen molar-refractivity contribution in [2.45, 2.75) is 6.42 Å². The Balaban J connectivity index is 2.18. The van der Waals surface area contributed by atoms with Gasteiger partial charge in [-0.3, -0.25) is 9.78 Å². The Bertz CT molecular complexity index is 513. The first-order valence-electron chi connectivity index (χ1n) is 4.52. The molecule has 0 spiro atoms. The Morgan fingerprint density at radius 1 is 1.50 bits per heavy atom. The lowest BCUT2D eigenvalue weighted by molar-refractivity contribution is 0.0996. The minimum absolute atomic E-state index is 0.00481. The van der Waals surface area contributed by atoms with Crippen LogP contribution in [0.2, 0.25) is 0 Å². The van der Waals surface area contributed by atoms with Crippen molar-refractivity contribution in [1.29, 1.82) is 0 Å². The van der Waals surface area contributed by atoms with Crippen LogP contribution in [-0.2, 0) is 6.42 Å². The number of carbonyl (C=O) groups is 1. The summed E-state index contributed by atoms with van der Waals surface area (Å²) in [7, 11) is 0. The SMILES string of the molecule is O=C(Cc1ccc(F)cc1Br)c1cncs1. The summed E-state index contributed by atoms with van der Waals surface area (Å²) in [4.78, 5) is 16.2. The summed E-state index contributed by atoms with van der Waals surface area (Å²) < 4.78 is 13.5. The normalized spacial score (nSPS) is 10.4. The minimum atomic E-state index is -0.319. The monoisotopic (exact) mass is 299 g/mol. The topological polar surface area (TPSA) is 30.0 Å². The number of benzene rings is 1. The number of rotatable bonds is 3. The van der Waals surface area contributed by atoms with Crippen LogP contribution in [0.25, 0.3) is 0 Å². The molecule has 0 atom stereocenters. The molecule has 0 aliphatic heterocycles. The second kappa shape index (κ2) is 4.84. The van der Waals surface area contributed by atoms with Gasteiger partial charge in [-0.25, -0.2) is 4.39 Å². The number of halogens is 2. The third-order valence-electron chi connectivity index (χ3n) is 2.07. The molecule has 0 unspecified atom stereocenters. The van der Waals surface area contributed by atoms with Gasteiger partial charge in [-0.15, -0.1) is 11.3 Å². The lowest BCUT2D eigenvalue weighted by Gasteiger charge is -2.02. The molecule has 0 saturated heterocycles. The molecule has 1 aromatic carbocycles. The van der Waals surface area contributed by atoms with Crippen LogP contribution in [0.4, 0.5) is 4.39 Å². The van der Waals surface area contributed by atoms with E-state index in [0.29, 0.717) is 9.35 Å². The van der Waals surface area contributed by atoms with E-state index in [-0.39, 0.29) is 18.0 Å². The number of hydrogen-bond acceptors (Lipinski definition) is 3. The molecule has 0 N–H and O–H groups in total. The zero-order valence-electron chi connectivity index (χ0n) is 8.11. The molecule has 0 radical (unpaired) electrons. The predicted molar refractivity (Wildman–Crippen MR) is 64.2 cm³/mol. The Morgan fingerprint density at radius 2 is 2.31 bits per heavy atom. The predicted octanol–water partition coefficient (Wildman–Crippen LogP) is 3.47. The van der Waals surface area contributed by atoms with Crippen LogP contribution in [0, 0.1) is 5.82 Å². The summed E-state index contributed by atoms with van der Waals surface area (Å²) in [6.45, 7) is 0. The van der Waals surface area contributed by atoms with Gasteiger partial charge in [-0.05, 0) is 17.7 Å². The molecule has 82 valence electrons. The summed E-state index contributed by atoms with van der Waals surface area (Å²) >= 11 is 4.54. The molecule has 2 rings (SSSR count). The largest absolute Gasteiger partial charge is 0.293 e. The third kappa shape index (κ3) is 2.54. The van der Waals surface area contributed by atoms with Gasteiger partial charge in [0.2, 0.25) is 0 Å². The van der Waals surface area contributed by atoms with Crippen LogP contribution in [0.5, 0.6) is 0 Å². The molecule has 0 fully saturated rings. The number of thiazole rings is 1. The second-order valence-electron chi connectivity index (χ2n) is 3.20. The first-order chi connectivity index (χ1) is 7.66. The molecule has 0 amide bonds. The highest BCUT2D eigenvalue weighted by Gasteiger charge is 2.11. The average molecular weight is 300 g/mol. The first kappa shape index (κ1) is 11.4. The number of hydrogen-bond donors (Lipinski definition) is 0. The van der Waals surface area contributed by atoms with Gasteiger partial charge in [0, 0.05) is 17.1 Å². The van der Waals surface area contributed by atoms with E-state index in [1.54, 1.807) is 17.8 Å². The summed E-state index contributed by atoms with van der Waals surface area (Å²) in [5, 5.41) is 0. The zero-order chi connectivity index (χ0) is 11.5. The van der Waals surface area contributed by atoms with Crippen LogP contribution < -0.4 is 0 Å². The Kier molecular flexibility index (Phi) is 3.46. The summed E-state index contributed by atoms with van der Waals surface area (Å²) in [6, 6.07) is 4.31. The fraction of sp³-hybridized carbons (Fsp3) is 0.0909. The van der Waals surface area contributed by atoms with E-state index >= 15 is 0 Å². The smallest absolute Gasteiger partial charge is 0.178 e. The van der Waals surface area contributed by atoms with Crippen molar-refractivity contribution in [2.24, 2.45) is 0 Å². The van der Waals surface area contributed by atoms with Gasteiger partial charge in [0.15, 0.2) is 5.78 Å². The zero-order valence-corrected chi connectivity index (χ0v) is 10.5. The highest BCUT2D eigenvalue weighted by Crippen LogP contribution is 2.20. The lowest BCUT2D eigenvalue weighted by Crippen LogP contribution is -2.02. The summed E-state index contributed by atoms with van der Waals surface area (Å²) in [5.74, 6) is -0.323. The Labute approximate surface area is 104 Å².